The van der Waals surface area contributed by atoms with Crippen LogP contribution in [0.2, 0.25) is 5.02 Å². The van der Waals surface area contributed by atoms with E-state index < -0.39 is 27.4 Å². The SMILES string of the molecule is C=NCCC1(C=[N+]2NC(=Nc3ccc(Cl)cc3)c3c2cc[nH]c3=O)CCC(C(=O)NS(C)(=O)=O)OC1. The smallest absolute Gasteiger partial charge is 0.266 e. The summed E-state index contributed by atoms with van der Waals surface area (Å²) in [7, 11) is -3.69. The van der Waals surface area contributed by atoms with E-state index in [-0.39, 0.29) is 12.2 Å². The molecule has 2 aliphatic rings. The molecular formula is C23H26ClN6O5S+. The second-order valence-corrected chi connectivity index (χ2v) is 10.9. The Kier molecular flexibility index (Phi) is 7.38. The Bertz CT molecular complexity index is 1390. The Labute approximate surface area is 213 Å². The fraction of sp³-hybridized carbons (Fsp3) is 0.348. The molecule has 3 heterocycles. The van der Waals surface area contributed by atoms with E-state index in [2.05, 4.69) is 27.1 Å². The lowest BCUT2D eigenvalue weighted by Gasteiger charge is -2.34. The Morgan fingerprint density at radius 3 is 2.75 bits per heavy atom. The van der Waals surface area contributed by atoms with Crippen molar-refractivity contribution in [2.24, 2.45) is 15.4 Å². The maximum atomic E-state index is 12.7. The van der Waals surface area contributed by atoms with E-state index >= 15 is 0 Å². The molecule has 1 amide bonds. The van der Waals surface area contributed by atoms with Crippen LogP contribution in [0, 0.1) is 5.41 Å². The number of hydrazine groups is 1. The number of nitrogens with one attached hydrogen (secondary N) is 3. The molecule has 0 radical (unpaired) electrons. The van der Waals surface area contributed by atoms with Crippen LogP contribution < -0.4 is 15.7 Å². The van der Waals surface area contributed by atoms with E-state index in [0.717, 1.165) is 6.26 Å². The van der Waals surface area contributed by atoms with Gasteiger partial charge in [0.1, 0.15) is 6.10 Å². The number of ether oxygens (including phenoxy) is 1. The third-order valence-corrected chi connectivity index (χ3v) is 6.78. The summed E-state index contributed by atoms with van der Waals surface area (Å²) in [5, 5.41) is 0.574. The predicted molar refractivity (Wildman–Crippen MR) is 137 cm³/mol. The van der Waals surface area contributed by atoms with Crippen LogP contribution in [0.3, 0.4) is 0 Å². The van der Waals surface area contributed by atoms with Crippen LogP contribution in [0.4, 0.5) is 11.4 Å². The Morgan fingerprint density at radius 2 is 2.11 bits per heavy atom. The molecule has 0 spiro atoms. The van der Waals surface area contributed by atoms with Crippen LogP contribution in [0.25, 0.3) is 0 Å². The van der Waals surface area contributed by atoms with Crippen LogP contribution in [-0.2, 0) is 19.6 Å². The van der Waals surface area contributed by atoms with Gasteiger partial charge < -0.3 is 14.7 Å². The molecule has 2 aliphatic heterocycles. The summed E-state index contributed by atoms with van der Waals surface area (Å²) in [5.74, 6) is -0.328. The van der Waals surface area contributed by atoms with Gasteiger partial charge in [0.25, 0.3) is 17.2 Å². The summed E-state index contributed by atoms with van der Waals surface area (Å²) in [4.78, 5) is 36.2. The highest BCUT2D eigenvalue weighted by atomic mass is 35.5. The minimum absolute atomic E-state index is 0.144. The molecule has 1 aromatic heterocycles. The number of hydrogen-bond acceptors (Lipinski definition) is 7. The quantitative estimate of drug-likeness (QED) is 0.364. The van der Waals surface area contributed by atoms with Crippen molar-refractivity contribution in [3.63, 3.8) is 0 Å². The third-order valence-electron chi connectivity index (χ3n) is 5.95. The first-order chi connectivity index (χ1) is 17.1. The van der Waals surface area contributed by atoms with Gasteiger partial charge in [0.15, 0.2) is 11.8 Å². The number of benzene rings is 1. The molecule has 1 aromatic carbocycles. The lowest BCUT2D eigenvalue weighted by molar-refractivity contribution is -0.480. The number of rotatable bonds is 7. The largest absolute Gasteiger partial charge is 0.367 e. The number of fused-ring (bicyclic) bond motifs is 1. The summed E-state index contributed by atoms with van der Waals surface area (Å²) in [6.07, 6.45) is 4.88. The van der Waals surface area contributed by atoms with Crippen molar-refractivity contribution in [1.82, 2.24) is 15.1 Å². The Morgan fingerprint density at radius 1 is 1.36 bits per heavy atom. The zero-order chi connectivity index (χ0) is 25.9. The Hall–Kier alpha value is -3.35. The van der Waals surface area contributed by atoms with Crippen molar-refractivity contribution in [2.45, 2.75) is 25.4 Å². The molecule has 11 nitrogen and oxygen atoms in total. The number of carbonyl (C=O) groups excluding carboxylic acids is 1. The van der Waals surface area contributed by atoms with Crippen LogP contribution >= 0.6 is 11.6 Å². The molecule has 4 rings (SSSR count). The third kappa shape index (κ3) is 5.89. The molecule has 3 N–H and O–H groups in total. The molecule has 0 aliphatic carbocycles. The van der Waals surface area contributed by atoms with Gasteiger partial charge in [0.05, 0.1) is 24.0 Å². The number of aromatic nitrogens is 1. The number of amides is 1. The number of hydrogen-bond donors (Lipinski definition) is 3. The lowest BCUT2D eigenvalue weighted by atomic mass is 9.79. The predicted octanol–water partition coefficient (Wildman–Crippen LogP) is 1.67. The van der Waals surface area contributed by atoms with Gasteiger partial charge in [-0.3, -0.25) is 14.3 Å². The summed E-state index contributed by atoms with van der Waals surface area (Å²) >= 11 is 5.97. The summed E-state index contributed by atoms with van der Waals surface area (Å²) in [6, 6.07) is 8.67. The number of sulfonamides is 1. The number of aromatic amines is 1. The first-order valence-electron chi connectivity index (χ1n) is 11.1. The molecule has 0 saturated carbocycles. The number of hydrazone groups is 1. The second kappa shape index (κ2) is 10.3. The number of H-pyrrole nitrogens is 1. The van der Waals surface area contributed by atoms with Crippen molar-refractivity contribution in [3.8, 4) is 0 Å². The zero-order valence-electron chi connectivity index (χ0n) is 19.5. The van der Waals surface area contributed by atoms with Gasteiger partial charge in [-0.2, -0.15) is 0 Å². The van der Waals surface area contributed by atoms with Crippen molar-refractivity contribution < 1.29 is 22.6 Å². The number of halogens is 1. The van der Waals surface area contributed by atoms with Crippen LogP contribution in [0.5, 0.6) is 0 Å². The van der Waals surface area contributed by atoms with Crippen molar-refractivity contribution >= 4 is 57.7 Å². The van der Waals surface area contributed by atoms with E-state index in [0.29, 0.717) is 53.6 Å². The zero-order valence-corrected chi connectivity index (χ0v) is 21.1. The number of amidine groups is 1. The summed E-state index contributed by atoms with van der Waals surface area (Å²) < 4.78 is 32.4. The summed E-state index contributed by atoms with van der Waals surface area (Å²) in [5.41, 5.74) is 3.92. The molecule has 1 saturated heterocycles. The second-order valence-electron chi connectivity index (χ2n) is 8.75. The average Bonchev–Trinajstić information content (AvgIpc) is 3.16. The molecule has 36 heavy (non-hydrogen) atoms. The standard InChI is InChI=1S/C23H25ClN6O5S/c1-25-12-10-23(9-7-18(35-14-23)21(31)29-36(2,33)34)13-30-17-8-11-26-22(32)19(17)20(28-30)27-16-5-3-15(24)4-6-16/h3-6,8,11,13,18H,1,7,9-10,12,14H2,2H3,(H2-,26,27,28,29,31,32)/p+1. The topological polar surface area (TPSA) is 145 Å². The minimum Gasteiger partial charge on any atom is -0.367 e. The first-order valence-corrected chi connectivity index (χ1v) is 13.4. The van der Waals surface area contributed by atoms with Crippen LogP contribution in [0.1, 0.15) is 24.8 Å². The maximum Gasteiger partial charge on any atom is 0.266 e. The van der Waals surface area contributed by atoms with Crippen molar-refractivity contribution in [1.29, 1.82) is 0 Å². The highest BCUT2D eigenvalue weighted by Crippen LogP contribution is 2.35. The maximum absolute atomic E-state index is 12.7. The molecule has 0 bridgehead atoms. The van der Waals surface area contributed by atoms with E-state index in [1.807, 2.05) is 10.9 Å². The van der Waals surface area contributed by atoms with Crippen LogP contribution in [0.15, 0.2) is 51.3 Å². The summed E-state index contributed by atoms with van der Waals surface area (Å²) in [6.45, 7) is 4.16. The molecule has 1 fully saturated rings. The normalized spacial score (nSPS) is 23.8. The molecule has 13 heteroatoms. The first kappa shape index (κ1) is 25.7. The monoisotopic (exact) mass is 533 g/mol. The fourth-order valence-corrected chi connectivity index (χ4v) is 4.81. The van der Waals surface area contributed by atoms with Gasteiger partial charge in [-0.25, -0.2) is 13.4 Å². The minimum atomic E-state index is -3.69. The lowest BCUT2D eigenvalue weighted by Crippen LogP contribution is -2.47. The van der Waals surface area contributed by atoms with Crippen LogP contribution in [-0.4, -0.2) is 68.3 Å². The number of pyridine rings is 1. The van der Waals surface area contributed by atoms with Gasteiger partial charge in [0, 0.05) is 23.8 Å². The average molecular weight is 534 g/mol. The van der Waals surface area contributed by atoms with Gasteiger partial charge in [0.2, 0.25) is 15.9 Å². The van der Waals surface area contributed by atoms with E-state index in [9.17, 15) is 18.0 Å². The van der Waals surface area contributed by atoms with Gasteiger partial charge in [-0.15, -0.1) is 5.43 Å². The number of carbonyl (C=O) groups is 1. The van der Waals surface area contributed by atoms with Crippen molar-refractivity contribution in [2.75, 3.05) is 19.4 Å². The highest BCUT2D eigenvalue weighted by molar-refractivity contribution is 7.89. The highest BCUT2D eigenvalue weighted by Gasteiger charge is 2.43. The molecule has 2 atom stereocenters. The number of aliphatic imine (C=N–C) groups is 2. The van der Waals surface area contributed by atoms with E-state index in [1.165, 1.54) is 0 Å². The molecule has 2 aromatic rings. The fourth-order valence-electron chi connectivity index (χ4n) is 4.19. The molecular weight excluding hydrogens is 508 g/mol. The van der Waals surface area contributed by atoms with E-state index in [1.54, 1.807) is 41.2 Å². The van der Waals surface area contributed by atoms with Gasteiger partial charge >= 0.3 is 0 Å². The Balaban J connectivity index is 1.66. The molecule has 190 valence electrons. The van der Waals surface area contributed by atoms with Gasteiger partial charge in [-0.05, 0) is 50.2 Å². The van der Waals surface area contributed by atoms with Gasteiger partial charge in [-0.1, -0.05) is 16.3 Å². The molecule has 2 unspecified atom stereocenters. The van der Waals surface area contributed by atoms with Crippen molar-refractivity contribution in [3.05, 3.63) is 57.5 Å². The number of nitrogens with zero attached hydrogens (tertiary/aromatic N) is 3. The van der Waals surface area contributed by atoms with E-state index in [4.69, 9.17) is 16.3 Å².